The number of thiazole rings is 1. The zero-order valence-corrected chi connectivity index (χ0v) is 9.96. The lowest BCUT2D eigenvalue weighted by Crippen LogP contribution is -2.20. The maximum atomic E-state index is 10.6. The van der Waals surface area contributed by atoms with E-state index in [9.17, 15) is 9.90 Å². The molecule has 0 amide bonds. The number of hydrogen-bond acceptors (Lipinski definition) is 5. The molecule has 0 bridgehead atoms. The van der Waals surface area contributed by atoms with Crippen LogP contribution in [0.1, 0.15) is 35.3 Å². The van der Waals surface area contributed by atoms with Crippen molar-refractivity contribution in [2.24, 2.45) is 0 Å². The average molecular weight is 244 g/mol. The molecule has 5 nitrogen and oxygen atoms in total. The van der Waals surface area contributed by atoms with Gasteiger partial charge in [-0.3, -0.25) is 0 Å². The first-order chi connectivity index (χ1) is 7.63. The highest BCUT2D eigenvalue weighted by atomic mass is 32.1. The number of aromatic carboxylic acids is 1. The molecule has 0 fully saturated rings. The van der Waals surface area contributed by atoms with Crippen molar-refractivity contribution in [1.82, 2.24) is 10.3 Å². The number of carboxylic acids is 1. The van der Waals surface area contributed by atoms with Crippen molar-refractivity contribution in [2.45, 2.75) is 32.4 Å². The lowest BCUT2D eigenvalue weighted by Gasteiger charge is -2.07. The molecular weight excluding hydrogens is 228 g/mol. The van der Waals surface area contributed by atoms with Crippen LogP contribution in [-0.4, -0.2) is 33.8 Å². The minimum Gasteiger partial charge on any atom is -0.476 e. The van der Waals surface area contributed by atoms with E-state index in [4.69, 9.17) is 5.11 Å². The van der Waals surface area contributed by atoms with E-state index in [0.29, 0.717) is 19.5 Å². The molecule has 0 radical (unpaired) electrons. The van der Waals surface area contributed by atoms with Crippen LogP contribution < -0.4 is 5.32 Å². The quantitative estimate of drug-likeness (QED) is 0.625. The fourth-order valence-electron chi connectivity index (χ4n) is 1.18. The third-order valence-corrected chi connectivity index (χ3v) is 3.05. The SMILES string of the molecule is CCC(O)CCNCc1csc(C(=O)O)n1. The minimum atomic E-state index is -0.988. The second kappa shape index (κ2) is 6.57. The number of hydrogen-bond donors (Lipinski definition) is 3. The number of aromatic nitrogens is 1. The van der Waals surface area contributed by atoms with Crippen LogP contribution in [0.2, 0.25) is 0 Å². The molecule has 0 saturated heterocycles. The molecule has 0 saturated carbocycles. The van der Waals surface area contributed by atoms with E-state index in [2.05, 4.69) is 10.3 Å². The topological polar surface area (TPSA) is 82.5 Å². The molecule has 3 N–H and O–H groups in total. The van der Waals surface area contributed by atoms with Gasteiger partial charge in [-0.25, -0.2) is 9.78 Å². The van der Waals surface area contributed by atoms with E-state index < -0.39 is 5.97 Å². The molecule has 1 aromatic heterocycles. The molecule has 0 aliphatic heterocycles. The van der Waals surface area contributed by atoms with E-state index in [1.807, 2.05) is 6.92 Å². The molecule has 90 valence electrons. The van der Waals surface area contributed by atoms with Crippen molar-refractivity contribution in [2.75, 3.05) is 6.54 Å². The molecule has 0 aliphatic carbocycles. The van der Waals surface area contributed by atoms with Crippen molar-refractivity contribution in [3.05, 3.63) is 16.1 Å². The first kappa shape index (κ1) is 13.1. The number of carboxylic acid groups (broad SMARTS) is 1. The molecule has 0 spiro atoms. The van der Waals surface area contributed by atoms with Crippen LogP contribution in [0.25, 0.3) is 0 Å². The van der Waals surface area contributed by atoms with Gasteiger partial charge in [0.25, 0.3) is 0 Å². The number of rotatable bonds is 7. The normalized spacial score (nSPS) is 12.6. The summed E-state index contributed by atoms with van der Waals surface area (Å²) in [5.74, 6) is -0.988. The van der Waals surface area contributed by atoms with Crippen LogP contribution in [0, 0.1) is 0 Å². The van der Waals surface area contributed by atoms with Crippen molar-refractivity contribution < 1.29 is 15.0 Å². The second-order valence-electron chi connectivity index (χ2n) is 3.48. The van der Waals surface area contributed by atoms with Gasteiger partial charge >= 0.3 is 5.97 Å². The highest BCUT2D eigenvalue weighted by Gasteiger charge is 2.08. The van der Waals surface area contributed by atoms with E-state index in [0.717, 1.165) is 23.5 Å². The Balaban J connectivity index is 2.24. The maximum Gasteiger partial charge on any atom is 0.365 e. The van der Waals surface area contributed by atoms with Gasteiger partial charge in [-0.2, -0.15) is 0 Å². The second-order valence-corrected chi connectivity index (χ2v) is 4.33. The Kier molecular flexibility index (Phi) is 5.37. The van der Waals surface area contributed by atoms with E-state index in [1.54, 1.807) is 5.38 Å². The summed E-state index contributed by atoms with van der Waals surface area (Å²) in [5.41, 5.74) is 0.730. The lowest BCUT2D eigenvalue weighted by molar-refractivity contribution is 0.0696. The standard InChI is InChI=1S/C10H16N2O3S/c1-2-8(13)3-4-11-5-7-6-16-9(12-7)10(14)15/h6,8,11,13H,2-5H2,1H3,(H,14,15). The van der Waals surface area contributed by atoms with Crippen LogP contribution in [0.5, 0.6) is 0 Å². The molecule has 1 unspecified atom stereocenters. The Labute approximate surface area is 98.1 Å². The molecule has 0 aromatic carbocycles. The highest BCUT2D eigenvalue weighted by Crippen LogP contribution is 2.09. The van der Waals surface area contributed by atoms with E-state index in [1.165, 1.54) is 0 Å². The lowest BCUT2D eigenvalue weighted by atomic mass is 10.2. The zero-order chi connectivity index (χ0) is 12.0. The molecule has 1 heterocycles. The van der Waals surface area contributed by atoms with Gasteiger partial charge in [0.1, 0.15) is 0 Å². The summed E-state index contributed by atoms with van der Waals surface area (Å²) >= 11 is 1.13. The highest BCUT2D eigenvalue weighted by molar-refractivity contribution is 7.11. The summed E-state index contributed by atoms with van der Waals surface area (Å²) in [5, 5.41) is 22.9. The van der Waals surface area contributed by atoms with Gasteiger partial charge in [-0.05, 0) is 19.4 Å². The fourth-order valence-corrected chi connectivity index (χ4v) is 1.83. The summed E-state index contributed by atoms with van der Waals surface area (Å²) in [6.07, 6.45) is 1.19. The van der Waals surface area contributed by atoms with Crippen molar-refractivity contribution in [3.8, 4) is 0 Å². The molecule has 1 atom stereocenters. The van der Waals surface area contributed by atoms with Gasteiger partial charge in [0.05, 0.1) is 11.8 Å². The van der Waals surface area contributed by atoms with Gasteiger partial charge in [0.2, 0.25) is 5.01 Å². The van der Waals surface area contributed by atoms with E-state index >= 15 is 0 Å². The molecule has 1 aromatic rings. The van der Waals surface area contributed by atoms with Crippen LogP contribution in [0.3, 0.4) is 0 Å². The summed E-state index contributed by atoms with van der Waals surface area (Å²) < 4.78 is 0. The van der Waals surface area contributed by atoms with Crippen molar-refractivity contribution in [1.29, 1.82) is 0 Å². The molecule has 16 heavy (non-hydrogen) atoms. The van der Waals surface area contributed by atoms with Crippen molar-refractivity contribution >= 4 is 17.3 Å². The van der Waals surface area contributed by atoms with E-state index in [-0.39, 0.29) is 11.1 Å². The zero-order valence-electron chi connectivity index (χ0n) is 9.14. The Bertz CT molecular complexity index is 341. The van der Waals surface area contributed by atoms with Gasteiger partial charge in [0, 0.05) is 11.9 Å². The fraction of sp³-hybridized carbons (Fsp3) is 0.600. The monoisotopic (exact) mass is 244 g/mol. The minimum absolute atomic E-state index is 0.116. The van der Waals surface area contributed by atoms with Crippen LogP contribution >= 0.6 is 11.3 Å². The smallest absolute Gasteiger partial charge is 0.365 e. The number of nitrogens with zero attached hydrogens (tertiary/aromatic N) is 1. The molecule has 0 aliphatic rings. The Morgan fingerprint density at radius 2 is 2.44 bits per heavy atom. The largest absolute Gasteiger partial charge is 0.476 e. The number of aliphatic hydroxyl groups is 1. The molecular formula is C10H16N2O3S. The van der Waals surface area contributed by atoms with Gasteiger partial charge in [-0.1, -0.05) is 6.92 Å². The van der Waals surface area contributed by atoms with Gasteiger partial charge in [0.15, 0.2) is 0 Å². The van der Waals surface area contributed by atoms with Crippen LogP contribution in [0.15, 0.2) is 5.38 Å². The molecule has 1 rings (SSSR count). The van der Waals surface area contributed by atoms with Gasteiger partial charge in [-0.15, -0.1) is 11.3 Å². The third-order valence-electron chi connectivity index (χ3n) is 2.17. The maximum absolute atomic E-state index is 10.6. The summed E-state index contributed by atoms with van der Waals surface area (Å²) in [4.78, 5) is 14.5. The average Bonchev–Trinajstić information content (AvgIpc) is 2.72. The summed E-state index contributed by atoms with van der Waals surface area (Å²) in [6.45, 7) is 3.18. The summed E-state index contributed by atoms with van der Waals surface area (Å²) in [6, 6.07) is 0. The number of carbonyl (C=O) groups is 1. The number of aliphatic hydroxyl groups excluding tert-OH is 1. The third kappa shape index (κ3) is 4.26. The Morgan fingerprint density at radius 3 is 3.00 bits per heavy atom. The molecule has 6 heteroatoms. The Morgan fingerprint density at radius 1 is 1.69 bits per heavy atom. The van der Waals surface area contributed by atoms with Crippen LogP contribution in [-0.2, 0) is 6.54 Å². The first-order valence-corrected chi connectivity index (χ1v) is 6.08. The first-order valence-electron chi connectivity index (χ1n) is 5.20. The van der Waals surface area contributed by atoms with Gasteiger partial charge < -0.3 is 15.5 Å². The summed E-state index contributed by atoms with van der Waals surface area (Å²) in [7, 11) is 0. The number of nitrogens with one attached hydrogen (secondary N) is 1. The predicted molar refractivity (Wildman–Crippen MR) is 61.7 cm³/mol. The predicted octanol–water partition coefficient (Wildman–Crippen LogP) is 1.09. The van der Waals surface area contributed by atoms with Crippen LogP contribution in [0.4, 0.5) is 0 Å². The Hall–Kier alpha value is -0.980. The van der Waals surface area contributed by atoms with Crippen molar-refractivity contribution in [3.63, 3.8) is 0 Å².